The van der Waals surface area contributed by atoms with Crippen molar-refractivity contribution in [3.05, 3.63) is 71.5 Å². The fourth-order valence-electron chi connectivity index (χ4n) is 1.92. The molecule has 0 aliphatic rings. The minimum atomic E-state index is -0.792. The maximum Gasteiger partial charge on any atom is 0.228 e. The summed E-state index contributed by atoms with van der Waals surface area (Å²) in [7, 11) is 0. The fraction of sp³-hybridized carbons (Fsp3) is 0. The second-order valence-electron chi connectivity index (χ2n) is 4.14. The normalized spacial score (nSPS) is 10.8. The zero-order chi connectivity index (χ0) is 13.4. The quantitative estimate of drug-likeness (QED) is 0.652. The Labute approximate surface area is 107 Å². The molecule has 0 unspecified atom stereocenters. The molecule has 0 fully saturated rings. The Hall–Kier alpha value is -2.49. The van der Waals surface area contributed by atoms with E-state index in [-0.39, 0.29) is 11.3 Å². The highest BCUT2D eigenvalue weighted by atomic mass is 19.1. The van der Waals surface area contributed by atoms with E-state index in [1.165, 1.54) is 0 Å². The molecule has 94 valence electrons. The molecule has 0 N–H and O–H groups in total. The van der Waals surface area contributed by atoms with Gasteiger partial charge in [-0.25, -0.2) is 8.78 Å². The molecule has 2 nitrogen and oxygen atoms in total. The Balaban J connectivity index is 2.07. The summed E-state index contributed by atoms with van der Waals surface area (Å²) < 4.78 is 31.5. The van der Waals surface area contributed by atoms with E-state index in [1.807, 2.05) is 6.07 Å². The summed E-state index contributed by atoms with van der Waals surface area (Å²) in [6.07, 6.45) is 0. The van der Waals surface area contributed by atoms with Crippen molar-refractivity contribution in [1.29, 1.82) is 0 Å². The maximum atomic E-state index is 13.1. The number of para-hydroxylation sites is 1. The lowest BCUT2D eigenvalue weighted by Gasteiger charge is -1.98. The van der Waals surface area contributed by atoms with Gasteiger partial charge in [0.25, 0.3) is 0 Å². The van der Waals surface area contributed by atoms with Gasteiger partial charge in [-0.1, -0.05) is 18.2 Å². The third kappa shape index (κ3) is 2.12. The molecule has 0 aliphatic carbocycles. The molecule has 0 spiro atoms. The van der Waals surface area contributed by atoms with Crippen molar-refractivity contribution in [2.24, 2.45) is 0 Å². The van der Waals surface area contributed by atoms with Crippen LogP contribution in [-0.2, 0) is 0 Å². The number of halogens is 2. The Morgan fingerprint density at radius 3 is 2.32 bits per heavy atom. The largest absolute Gasteiger partial charge is 0.453 e. The van der Waals surface area contributed by atoms with E-state index < -0.39 is 17.4 Å². The third-order valence-corrected chi connectivity index (χ3v) is 2.77. The van der Waals surface area contributed by atoms with E-state index in [1.54, 1.807) is 24.3 Å². The molecule has 3 rings (SSSR count). The number of carbonyl (C=O) groups excluding carboxylic acids is 1. The molecule has 0 saturated carbocycles. The van der Waals surface area contributed by atoms with Crippen LogP contribution in [0.2, 0.25) is 0 Å². The molecule has 0 amide bonds. The number of fused-ring (bicyclic) bond motifs is 1. The van der Waals surface area contributed by atoms with Crippen molar-refractivity contribution < 1.29 is 18.0 Å². The van der Waals surface area contributed by atoms with Gasteiger partial charge >= 0.3 is 0 Å². The molecule has 0 bridgehead atoms. The van der Waals surface area contributed by atoms with Gasteiger partial charge in [0.2, 0.25) is 5.78 Å². The highest BCUT2D eigenvalue weighted by molar-refractivity contribution is 6.08. The van der Waals surface area contributed by atoms with Gasteiger partial charge in [0.15, 0.2) is 5.76 Å². The molecule has 0 atom stereocenters. The number of benzene rings is 2. The van der Waals surface area contributed by atoms with Crippen molar-refractivity contribution >= 4 is 16.8 Å². The first kappa shape index (κ1) is 11.6. The van der Waals surface area contributed by atoms with Gasteiger partial charge in [0, 0.05) is 17.0 Å². The van der Waals surface area contributed by atoms with Gasteiger partial charge < -0.3 is 4.42 Å². The van der Waals surface area contributed by atoms with E-state index in [0.29, 0.717) is 5.58 Å². The predicted octanol–water partition coefficient (Wildman–Crippen LogP) is 3.94. The zero-order valence-electron chi connectivity index (χ0n) is 9.69. The van der Waals surface area contributed by atoms with Crippen molar-refractivity contribution in [2.45, 2.75) is 0 Å². The number of carbonyl (C=O) groups is 1. The molecule has 19 heavy (non-hydrogen) atoms. The highest BCUT2D eigenvalue weighted by Crippen LogP contribution is 2.21. The van der Waals surface area contributed by atoms with Crippen LogP contribution in [0.4, 0.5) is 8.78 Å². The van der Waals surface area contributed by atoms with Crippen LogP contribution in [0, 0.1) is 11.6 Å². The average molecular weight is 258 g/mol. The van der Waals surface area contributed by atoms with Crippen molar-refractivity contribution in [3.63, 3.8) is 0 Å². The lowest BCUT2D eigenvalue weighted by Crippen LogP contribution is -2.01. The number of furan rings is 1. The van der Waals surface area contributed by atoms with Crippen LogP contribution >= 0.6 is 0 Å². The SMILES string of the molecule is O=C(c1cc(F)cc(F)c1)c1cc2ccccc2o1. The zero-order valence-corrected chi connectivity index (χ0v) is 9.69. The van der Waals surface area contributed by atoms with Crippen LogP contribution in [0.3, 0.4) is 0 Å². The molecule has 1 heterocycles. The smallest absolute Gasteiger partial charge is 0.228 e. The Kier molecular flexibility index (Phi) is 2.63. The number of rotatable bonds is 2. The van der Waals surface area contributed by atoms with Gasteiger partial charge in [0.1, 0.15) is 17.2 Å². The third-order valence-electron chi connectivity index (χ3n) is 2.77. The van der Waals surface area contributed by atoms with Gasteiger partial charge in [-0.2, -0.15) is 0 Å². The summed E-state index contributed by atoms with van der Waals surface area (Å²) >= 11 is 0. The van der Waals surface area contributed by atoms with E-state index in [0.717, 1.165) is 23.6 Å². The lowest BCUT2D eigenvalue weighted by molar-refractivity contribution is 0.101. The molecule has 4 heteroatoms. The number of hydrogen-bond acceptors (Lipinski definition) is 2. The summed E-state index contributed by atoms with van der Waals surface area (Å²) in [5.74, 6) is -2.07. The fourth-order valence-corrected chi connectivity index (χ4v) is 1.92. The molecule has 0 radical (unpaired) electrons. The lowest BCUT2D eigenvalue weighted by atomic mass is 10.1. The van der Waals surface area contributed by atoms with Crippen molar-refractivity contribution in [3.8, 4) is 0 Å². The topological polar surface area (TPSA) is 30.2 Å². The Morgan fingerprint density at radius 1 is 0.947 bits per heavy atom. The summed E-state index contributed by atoms with van der Waals surface area (Å²) in [4.78, 5) is 12.1. The van der Waals surface area contributed by atoms with Crippen LogP contribution in [0.25, 0.3) is 11.0 Å². The Bertz CT molecular complexity index is 721. The van der Waals surface area contributed by atoms with E-state index in [4.69, 9.17) is 4.42 Å². The molecule has 3 aromatic rings. The monoisotopic (exact) mass is 258 g/mol. The van der Waals surface area contributed by atoms with E-state index in [2.05, 4.69) is 0 Å². The second kappa shape index (κ2) is 4.31. The van der Waals surface area contributed by atoms with E-state index in [9.17, 15) is 13.6 Å². The van der Waals surface area contributed by atoms with E-state index >= 15 is 0 Å². The molecule has 2 aromatic carbocycles. The van der Waals surface area contributed by atoms with Crippen LogP contribution < -0.4 is 0 Å². The first-order valence-corrected chi connectivity index (χ1v) is 5.63. The summed E-state index contributed by atoms with van der Waals surface area (Å²) in [5, 5.41) is 0.766. The molecular formula is C15H8F2O2. The average Bonchev–Trinajstić information content (AvgIpc) is 2.80. The van der Waals surface area contributed by atoms with Gasteiger partial charge in [-0.05, 0) is 24.3 Å². The summed E-state index contributed by atoms with van der Waals surface area (Å²) in [6.45, 7) is 0. The summed E-state index contributed by atoms with van der Waals surface area (Å²) in [5.41, 5.74) is 0.485. The standard InChI is InChI=1S/C15H8F2O2/c16-11-5-10(6-12(17)8-11)15(18)14-7-9-3-1-2-4-13(9)19-14/h1-8H. The van der Waals surface area contributed by atoms with Gasteiger partial charge in [0.05, 0.1) is 0 Å². The minimum absolute atomic E-state index is 0.0613. The van der Waals surface area contributed by atoms with Crippen molar-refractivity contribution in [1.82, 2.24) is 0 Å². The molecule has 1 aromatic heterocycles. The number of hydrogen-bond donors (Lipinski definition) is 0. The van der Waals surface area contributed by atoms with Gasteiger partial charge in [-0.3, -0.25) is 4.79 Å². The first-order chi connectivity index (χ1) is 9.13. The van der Waals surface area contributed by atoms with Gasteiger partial charge in [-0.15, -0.1) is 0 Å². The second-order valence-corrected chi connectivity index (χ2v) is 4.14. The number of ketones is 1. The molecular weight excluding hydrogens is 250 g/mol. The molecule has 0 saturated heterocycles. The van der Waals surface area contributed by atoms with Crippen LogP contribution in [0.5, 0.6) is 0 Å². The predicted molar refractivity (Wildman–Crippen MR) is 66.0 cm³/mol. The van der Waals surface area contributed by atoms with Crippen LogP contribution in [0.15, 0.2) is 52.9 Å². The van der Waals surface area contributed by atoms with Crippen LogP contribution in [-0.4, -0.2) is 5.78 Å². The molecule has 0 aliphatic heterocycles. The first-order valence-electron chi connectivity index (χ1n) is 5.63. The summed E-state index contributed by atoms with van der Waals surface area (Å²) in [6, 6.07) is 11.4. The van der Waals surface area contributed by atoms with Crippen molar-refractivity contribution in [2.75, 3.05) is 0 Å². The maximum absolute atomic E-state index is 13.1. The Morgan fingerprint density at radius 2 is 1.63 bits per heavy atom. The van der Waals surface area contributed by atoms with Crippen LogP contribution in [0.1, 0.15) is 16.1 Å². The minimum Gasteiger partial charge on any atom is -0.453 e. The highest BCUT2D eigenvalue weighted by Gasteiger charge is 2.16.